The van der Waals surface area contributed by atoms with Crippen LogP contribution in [0.25, 0.3) is 0 Å². The molecule has 1 aliphatic heterocycles. The zero-order valence-corrected chi connectivity index (χ0v) is 14.9. The Bertz CT molecular complexity index is 481. The number of hydrogen-bond donors (Lipinski definition) is 1. The van der Waals surface area contributed by atoms with Crippen molar-refractivity contribution in [2.45, 2.75) is 25.9 Å². The van der Waals surface area contributed by atoms with E-state index in [1.165, 1.54) is 5.56 Å². The van der Waals surface area contributed by atoms with Crippen molar-refractivity contribution in [1.29, 1.82) is 0 Å². The number of halogens is 1. The number of nitrogens with one attached hydrogen (secondary N) is 1. The Morgan fingerprint density at radius 2 is 2.23 bits per heavy atom. The number of likely N-dealkylation sites (N-methyl/N-ethyl adjacent to an activating group) is 1. The lowest BCUT2D eigenvalue weighted by atomic mass is 10.0. The van der Waals surface area contributed by atoms with Crippen molar-refractivity contribution >= 4 is 11.6 Å². The van der Waals surface area contributed by atoms with Crippen LogP contribution in [0.15, 0.2) is 18.2 Å². The standard InChI is InChI=1S/C17H28ClN3O/c1-5-22-17-7-6-14(10-15(17)18)16(12-20(3)4)21-9-8-19-13(2)11-21/h6-7,10,13,16,19H,5,8-9,11-12H2,1-4H3. The van der Waals surface area contributed by atoms with Crippen molar-refractivity contribution in [2.75, 3.05) is 46.9 Å². The van der Waals surface area contributed by atoms with Crippen molar-refractivity contribution in [1.82, 2.24) is 15.1 Å². The van der Waals surface area contributed by atoms with Crippen LogP contribution in [-0.2, 0) is 0 Å². The monoisotopic (exact) mass is 325 g/mol. The first-order chi connectivity index (χ1) is 10.5. The number of hydrogen-bond acceptors (Lipinski definition) is 4. The first kappa shape index (κ1) is 17.5. The summed E-state index contributed by atoms with van der Waals surface area (Å²) in [5, 5.41) is 4.21. The molecule has 0 spiro atoms. The Morgan fingerprint density at radius 3 is 2.82 bits per heavy atom. The number of benzene rings is 1. The molecule has 0 aromatic heterocycles. The third kappa shape index (κ3) is 4.59. The molecule has 1 fully saturated rings. The van der Waals surface area contributed by atoms with Gasteiger partial charge in [0.25, 0.3) is 0 Å². The second-order valence-electron chi connectivity index (χ2n) is 6.25. The van der Waals surface area contributed by atoms with Gasteiger partial charge in [-0.1, -0.05) is 17.7 Å². The van der Waals surface area contributed by atoms with Crippen molar-refractivity contribution in [3.8, 4) is 5.75 Å². The molecule has 0 aliphatic carbocycles. The van der Waals surface area contributed by atoms with Crippen LogP contribution in [0, 0.1) is 0 Å². The van der Waals surface area contributed by atoms with Gasteiger partial charge in [-0.2, -0.15) is 0 Å². The van der Waals surface area contributed by atoms with E-state index < -0.39 is 0 Å². The van der Waals surface area contributed by atoms with Crippen molar-refractivity contribution in [3.05, 3.63) is 28.8 Å². The molecule has 1 N–H and O–H groups in total. The third-order valence-electron chi connectivity index (χ3n) is 4.02. The molecule has 0 bridgehead atoms. The topological polar surface area (TPSA) is 27.7 Å². The number of piperazine rings is 1. The molecule has 2 unspecified atom stereocenters. The van der Waals surface area contributed by atoms with E-state index in [1.807, 2.05) is 13.0 Å². The maximum absolute atomic E-state index is 6.39. The van der Waals surface area contributed by atoms with Crippen molar-refractivity contribution in [2.24, 2.45) is 0 Å². The number of nitrogens with zero attached hydrogens (tertiary/aromatic N) is 2. The highest BCUT2D eigenvalue weighted by atomic mass is 35.5. The molecule has 2 atom stereocenters. The molecule has 5 heteroatoms. The van der Waals surface area contributed by atoms with E-state index in [0.717, 1.165) is 31.9 Å². The lowest BCUT2D eigenvalue weighted by Crippen LogP contribution is -2.51. The Labute approximate surface area is 139 Å². The average molecular weight is 326 g/mol. The van der Waals surface area contributed by atoms with Crippen LogP contribution in [0.2, 0.25) is 5.02 Å². The summed E-state index contributed by atoms with van der Waals surface area (Å²) in [4.78, 5) is 4.79. The van der Waals surface area contributed by atoms with Crippen molar-refractivity contribution in [3.63, 3.8) is 0 Å². The maximum Gasteiger partial charge on any atom is 0.137 e. The summed E-state index contributed by atoms with van der Waals surface area (Å²) < 4.78 is 5.55. The highest BCUT2D eigenvalue weighted by Gasteiger charge is 2.25. The van der Waals surface area contributed by atoms with E-state index in [4.69, 9.17) is 16.3 Å². The van der Waals surface area contributed by atoms with Crippen molar-refractivity contribution < 1.29 is 4.74 Å². The van der Waals surface area contributed by atoms with Crippen LogP contribution in [0.3, 0.4) is 0 Å². The molecule has 1 saturated heterocycles. The molecule has 1 heterocycles. The molecule has 22 heavy (non-hydrogen) atoms. The predicted molar refractivity (Wildman–Crippen MR) is 93.0 cm³/mol. The fourth-order valence-corrected chi connectivity index (χ4v) is 3.26. The second kappa shape index (κ2) is 8.16. The lowest BCUT2D eigenvalue weighted by molar-refractivity contribution is 0.125. The summed E-state index contributed by atoms with van der Waals surface area (Å²) in [6.45, 7) is 8.99. The summed E-state index contributed by atoms with van der Waals surface area (Å²) in [5.74, 6) is 0.769. The fourth-order valence-electron chi connectivity index (χ4n) is 3.02. The van der Waals surface area contributed by atoms with E-state index >= 15 is 0 Å². The van der Waals surface area contributed by atoms with Gasteiger partial charge in [0.15, 0.2) is 0 Å². The SMILES string of the molecule is CCOc1ccc(C(CN(C)C)N2CCNC(C)C2)cc1Cl. The number of rotatable bonds is 6. The van der Waals surface area contributed by atoms with E-state index in [2.05, 4.69) is 48.3 Å². The smallest absolute Gasteiger partial charge is 0.137 e. The second-order valence-corrected chi connectivity index (χ2v) is 6.66. The molecule has 0 radical (unpaired) electrons. The Balaban J connectivity index is 2.22. The molecule has 0 amide bonds. The van der Waals surface area contributed by atoms with Gasteiger partial charge in [-0.15, -0.1) is 0 Å². The zero-order valence-electron chi connectivity index (χ0n) is 14.1. The van der Waals surface area contributed by atoms with Gasteiger partial charge in [-0.05, 0) is 45.6 Å². The van der Waals surface area contributed by atoms with Crippen LogP contribution in [-0.4, -0.2) is 62.7 Å². The van der Waals surface area contributed by atoms with Gasteiger partial charge >= 0.3 is 0 Å². The van der Waals surface area contributed by atoms with Crippen LogP contribution < -0.4 is 10.1 Å². The lowest BCUT2D eigenvalue weighted by Gasteiger charge is -2.39. The first-order valence-electron chi connectivity index (χ1n) is 8.05. The molecule has 1 aromatic rings. The van der Waals surface area contributed by atoms with Gasteiger partial charge in [-0.25, -0.2) is 0 Å². The third-order valence-corrected chi connectivity index (χ3v) is 4.31. The molecule has 4 nitrogen and oxygen atoms in total. The number of ether oxygens (including phenoxy) is 1. The Kier molecular flexibility index (Phi) is 6.50. The highest BCUT2D eigenvalue weighted by Crippen LogP contribution is 2.31. The normalized spacial score (nSPS) is 21.1. The molecular formula is C17H28ClN3O. The molecule has 2 rings (SSSR count). The van der Waals surface area contributed by atoms with Gasteiger partial charge in [-0.3, -0.25) is 4.90 Å². The van der Waals surface area contributed by atoms with Crippen LogP contribution >= 0.6 is 11.6 Å². The first-order valence-corrected chi connectivity index (χ1v) is 8.43. The Morgan fingerprint density at radius 1 is 1.45 bits per heavy atom. The minimum absolute atomic E-state index is 0.354. The summed E-state index contributed by atoms with van der Waals surface area (Å²) >= 11 is 6.39. The predicted octanol–water partition coefficient (Wildman–Crippen LogP) is 2.64. The van der Waals surface area contributed by atoms with Gasteiger partial charge in [0.05, 0.1) is 11.6 Å². The van der Waals surface area contributed by atoms with Crippen LogP contribution in [0.1, 0.15) is 25.5 Å². The summed E-state index contributed by atoms with van der Waals surface area (Å²) in [7, 11) is 4.24. The van der Waals surface area contributed by atoms with Gasteiger partial charge < -0.3 is 15.0 Å². The quantitative estimate of drug-likeness (QED) is 0.870. The minimum Gasteiger partial charge on any atom is -0.492 e. The van der Waals surface area contributed by atoms with E-state index in [1.54, 1.807) is 0 Å². The van der Waals surface area contributed by atoms with E-state index in [9.17, 15) is 0 Å². The fraction of sp³-hybridized carbons (Fsp3) is 0.647. The summed E-state index contributed by atoms with van der Waals surface area (Å²) in [5.41, 5.74) is 1.26. The molecular weight excluding hydrogens is 298 g/mol. The molecule has 124 valence electrons. The van der Waals surface area contributed by atoms with Crippen LogP contribution in [0.4, 0.5) is 0 Å². The van der Waals surface area contributed by atoms with Crippen LogP contribution in [0.5, 0.6) is 5.75 Å². The summed E-state index contributed by atoms with van der Waals surface area (Å²) in [6.07, 6.45) is 0. The summed E-state index contributed by atoms with van der Waals surface area (Å²) in [6, 6.07) is 7.09. The van der Waals surface area contributed by atoms with Gasteiger partial charge in [0.2, 0.25) is 0 Å². The average Bonchev–Trinajstić information content (AvgIpc) is 2.47. The zero-order chi connectivity index (χ0) is 16.1. The molecule has 1 aliphatic rings. The maximum atomic E-state index is 6.39. The van der Waals surface area contributed by atoms with E-state index in [-0.39, 0.29) is 0 Å². The molecule has 1 aromatic carbocycles. The minimum atomic E-state index is 0.354. The molecule has 0 saturated carbocycles. The largest absolute Gasteiger partial charge is 0.492 e. The van der Waals surface area contributed by atoms with E-state index in [0.29, 0.717) is 23.7 Å². The Hall–Kier alpha value is -0.810. The van der Waals surface area contributed by atoms with Gasteiger partial charge in [0, 0.05) is 38.3 Å². The highest BCUT2D eigenvalue weighted by molar-refractivity contribution is 6.32. The van der Waals surface area contributed by atoms with Gasteiger partial charge in [0.1, 0.15) is 5.75 Å².